The summed E-state index contributed by atoms with van der Waals surface area (Å²) in [6.45, 7) is 3.10. The molecule has 1 aliphatic heterocycles. The van der Waals surface area contributed by atoms with E-state index in [9.17, 15) is 14.4 Å². The zero-order valence-electron chi connectivity index (χ0n) is 5.35. The lowest BCUT2D eigenvalue weighted by molar-refractivity contribution is -0.120. The number of hydrogen-bond donors (Lipinski definition) is 0. The molecule has 56 valence electrons. The van der Waals surface area contributed by atoms with Gasteiger partial charge in [-0.1, -0.05) is 16.8 Å². The molecule has 0 atom stereocenters. The van der Waals surface area contributed by atoms with Gasteiger partial charge in [0, 0.05) is 0 Å². The molecule has 11 heavy (non-hydrogen) atoms. The van der Waals surface area contributed by atoms with Crippen LogP contribution < -0.4 is 0 Å². The van der Waals surface area contributed by atoms with Crippen LogP contribution in [0.3, 0.4) is 0 Å². The Morgan fingerprint density at radius 1 is 1.36 bits per heavy atom. The van der Waals surface area contributed by atoms with E-state index in [1.807, 2.05) is 0 Å². The van der Waals surface area contributed by atoms with Crippen LogP contribution in [0, 0.1) is 0 Å². The second-order valence-electron chi connectivity index (χ2n) is 1.64. The molecule has 0 aromatic carbocycles. The lowest BCUT2D eigenvalue weighted by Gasteiger charge is -2.02. The quantitative estimate of drug-likeness (QED) is 0.520. The summed E-state index contributed by atoms with van der Waals surface area (Å²) in [6.07, 6.45) is 0.839. The molecule has 1 heterocycles. The van der Waals surface area contributed by atoms with Crippen LogP contribution in [0.5, 0.6) is 0 Å². The number of carbonyl (C=O) groups excluding carboxylic acids is 3. The number of carbonyl (C=O) groups is 3. The summed E-state index contributed by atoms with van der Waals surface area (Å²) in [7, 11) is 0. The van der Waals surface area contributed by atoms with Crippen molar-refractivity contribution in [2.24, 2.45) is 10.2 Å². The summed E-state index contributed by atoms with van der Waals surface area (Å²) >= 11 is 0. The largest absolute Gasteiger partial charge is 0.377 e. The Kier molecular flexibility index (Phi) is 1.59. The molecule has 0 radical (unpaired) electrons. The van der Waals surface area contributed by atoms with Crippen LogP contribution in [0.4, 0.5) is 9.59 Å². The molecule has 0 bridgehead atoms. The lowest BCUT2D eigenvalue weighted by atomic mass is 10.5. The van der Waals surface area contributed by atoms with Crippen molar-refractivity contribution in [2.45, 2.75) is 0 Å². The summed E-state index contributed by atoms with van der Waals surface area (Å²) in [4.78, 5) is 32.1. The maximum Gasteiger partial charge on any atom is 0.377 e. The average Bonchev–Trinajstić information content (AvgIpc) is 2.30. The minimum atomic E-state index is -0.972. The van der Waals surface area contributed by atoms with Crippen LogP contribution in [0.2, 0.25) is 0 Å². The predicted octanol–water partition coefficient (Wildman–Crippen LogP) is 0.707. The minimum Gasteiger partial charge on any atom is -0.269 e. The molecular formula is C5H3N3O3. The van der Waals surface area contributed by atoms with Crippen LogP contribution in [0.15, 0.2) is 22.9 Å². The third-order valence-corrected chi connectivity index (χ3v) is 0.999. The highest BCUT2D eigenvalue weighted by molar-refractivity contribution is 6.15. The molecule has 0 saturated carbocycles. The zero-order valence-corrected chi connectivity index (χ0v) is 5.35. The first-order valence-corrected chi connectivity index (χ1v) is 2.63. The molecule has 6 nitrogen and oxygen atoms in total. The van der Waals surface area contributed by atoms with Gasteiger partial charge in [-0.3, -0.25) is 4.79 Å². The van der Waals surface area contributed by atoms with E-state index >= 15 is 0 Å². The highest BCUT2D eigenvalue weighted by atomic mass is 16.2. The highest BCUT2D eigenvalue weighted by Gasteiger charge is 2.31. The van der Waals surface area contributed by atoms with Gasteiger partial charge < -0.3 is 0 Å². The molecule has 0 aliphatic carbocycles. The summed E-state index contributed by atoms with van der Waals surface area (Å²) in [5, 5.41) is 5.72. The smallest absolute Gasteiger partial charge is 0.269 e. The number of imide groups is 3. The average molecular weight is 153 g/mol. The van der Waals surface area contributed by atoms with Crippen LogP contribution in [0.25, 0.3) is 0 Å². The van der Waals surface area contributed by atoms with Gasteiger partial charge in [0.05, 0.1) is 0 Å². The first kappa shape index (κ1) is 7.26. The van der Waals surface area contributed by atoms with Crippen LogP contribution in [-0.4, -0.2) is 22.9 Å². The van der Waals surface area contributed by atoms with Gasteiger partial charge >= 0.3 is 12.1 Å². The second kappa shape index (κ2) is 2.41. The first-order valence-electron chi connectivity index (χ1n) is 2.63. The van der Waals surface area contributed by atoms with Gasteiger partial charge in [-0.25, -0.2) is 9.59 Å². The lowest BCUT2D eigenvalue weighted by Crippen LogP contribution is -2.33. The maximum atomic E-state index is 10.7. The number of urea groups is 2. The molecule has 5 amide bonds. The topological polar surface area (TPSA) is 79.2 Å². The molecule has 1 aliphatic rings. The molecule has 6 heteroatoms. The minimum absolute atomic E-state index is 0.299. The molecule has 0 aromatic rings. The number of azo groups is 1. The standard InChI is InChI=1S/C5H3N3O3/c1-2-3(9)8-4(10)6-7-5(8)11/h2H,1H2. The normalized spacial score (nSPS) is 15.8. The van der Waals surface area contributed by atoms with E-state index in [1.165, 1.54) is 0 Å². The summed E-state index contributed by atoms with van der Waals surface area (Å²) in [5.74, 6) is -0.815. The monoisotopic (exact) mass is 153 g/mol. The number of amides is 5. The van der Waals surface area contributed by atoms with Crippen molar-refractivity contribution in [3.8, 4) is 0 Å². The van der Waals surface area contributed by atoms with Crippen LogP contribution >= 0.6 is 0 Å². The molecule has 0 spiro atoms. The second-order valence-corrected chi connectivity index (χ2v) is 1.64. The van der Waals surface area contributed by atoms with Gasteiger partial charge in [0.2, 0.25) is 0 Å². The third-order valence-electron chi connectivity index (χ3n) is 0.999. The van der Waals surface area contributed by atoms with Gasteiger partial charge in [0.1, 0.15) is 0 Å². The Labute approximate surface area is 61.2 Å². The molecule has 0 saturated heterocycles. The van der Waals surface area contributed by atoms with Crippen LogP contribution in [-0.2, 0) is 4.79 Å². The SMILES string of the molecule is C=CC(=O)N1C(=O)N=NC1=O. The zero-order chi connectivity index (χ0) is 8.43. The fraction of sp³-hybridized carbons (Fsp3) is 0. The van der Waals surface area contributed by atoms with Crippen molar-refractivity contribution in [3.05, 3.63) is 12.7 Å². The summed E-state index contributed by atoms with van der Waals surface area (Å²) in [6, 6.07) is -1.94. The molecule has 0 unspecified atom stereocenters. The van der Waals surface area contributed by atoms with Gasteiger partial charge in [-0.05, 0) is 6.08 Å². The van der Waals surface area contributed by atoms with Crippen molar-refractivity contribution in [2.75, 3.05) is 0 Å². The van der Waals surface area contributed by atoms with Gasteiger partial charge in [0.15, 0.2) is 0 Å². The Balaban J connectivity index is 2.90. The molecule has 0 aromatic heterocycles. The number of rotatable bonds is 1. The van der Waals surface area contributed by atoms with E-state index in [0.717, 1.165) is 6.08 Å². The van der Waals surface area contributed by atoms with E-state index in [0.29, 0.717) is 4.90 Å². The fourth-order valence-electron chi connectivity index (χ4n) is 0.537. The Morgan fingerprint density at radius 2 is 1.82 bits per heavy atom. The predicted molar refractivity (Wildman–Crippen MR) is 32.7 cm³/mol. The molecule has 1 rings (SSSR count). The van der Waals surface area contributed by atoms with Gasteiger partial charge in [-0.2, -0.15) is 4.90 Å². The van der Waals surface area contributed by atoms with Crippen LogP contribution in [0.1, 0.15) is 0 Å². The molecule has 0 fully saturated rings. The van der Waals surface area contributed by atoms with E-state index in [2.05, 4.69) is 16.8 Å². The fourth-order valence-corrected chi connectivity index (χ4v) is 0.537. The van der Waals surface area contributed by atoms with Gasteiger partial charge in [0.25, 0.3) is 5.91 Å². The van der Waals surface area contributed by atoms with E-state index in [-0.39, 0.29) is 0 Å². The number of hydrogen-bond acceptors (Lipinski definition) is 3. The van der Waals surface area contributed by atoms with Crippen molar-refractivity contribution >= 4 is 18.0 Å². The van der Waals surface area contributed by atoms with Crippen molar-refractivity contribution in [1.82, 2.24) is 4.90 Å². The first-order chi connectivity index (χ1) is 5.16. The number of nitrogens with zero attached hydrogens (tertiary/aromatic N) is 3. The Morgan fingerprint density at radius 3 is 2.18 bits per heavy atom. The van der Waals surface area contributed by atoms with Crippen molar-refractivity contribution in [1.29, 1.82) is 0 Å². The van der Waals surface area contributed by atoms with E-state index in [1.54, 1.807) is 0 Å². The molecular weight excluding hydrogens is 150 g/mol. The van der Waals surface area contributed by atoms with E-state index in [4.69, 9.17) is 0 Å². The van der Waals surface area contributed by atoms with Crippen molar-refractivity contribution in [3.63, 3.8) is 0 Å². The Bertz CT molecular complexity index is 263. The van der Waals surface area contributed by atoms with Crippen molar-refractivity contribution < 1.29 is 14.4 Å². The maximum absolute atomic E-state index is 10.7. The van der Waals surface area contributed by atoms with Gasteiger partial charge in [-0.15, -0.1) is 0 Å². The molecule has 0 N–H and O–H groups in total. The summed E-state index contributed by atoms with van der Waals surface area (Å²) in [5.41, 5.74) is 0. The summed E-state index contributed by atoms with van der Waals surface area (Å²) < 4.78 is 0. The third kappa shape index (κ3) is 1.05. The Hall–Kier alpha value is -1.85. The highest BCUT2D eigenvalue weighted by Crippen LogP contribution is 2.07. The van der Waals surface area contributed by atoms with E-state index < -0.39 is 18.0 Å².